The molecule has 0 aromatic carbocycles. The normalized spacial score (nSPS) is 19.0. The minimum absolute atomic E-state index is 0.0264. The fraction of sp³-hybridized carbons (Fsp3) is 0.593. The van der Waals surface area contributed by atoms with Crippen molar-refractivity contribution >= 4 is 17.7 Å². The quantitative estimate of drug-likeness (QED) is 0.638. The van der Waals surface area contributed by atoms with Gasteiger partial charge in [0.15, 0.2) is 5.69 Å². The standard InChI is InChI=1S/C27H38N6O4/c1-18(2)10-15-33-22-8-7-20-17-21(22)25(31-33)26(35)29-11-5-14-32(13-4-6-23(34)30-20)27(36)19-9-12-28-24(16-19)37-3/h9,12,16,18,20H,4-8,10-11,13-15,17H2,1-3H3,(H,29,35)(H,30,34). The molecule has 1 aliphatic heterocycles. The van der Waals surface area contributed by atoms with E-state index < -0.39 is 0 Å². The highest BCUT2D eigenvalue weighted by Gasteiger charge is 2.30. The van der Waals surface area contributed by atoms with E-state index in [1.807, 2.05) is 4.68 Å². The van der Waals surface area contributed by atoms with Gasteiger partial charge in [0.1, 0.15) is 0 Å². The molecule has 1 atom stereocenters. The van der Waals surface area contributed by atoms with E-state index in [2.05, 4.69) is 29.5 Å². The van der Waals surface area contributed by atoms with E-state index in [1.165, 1.54) is 7.11 Å². The van der Waals surface area contributed by atoms with Crippen LogP contribution in [0.4, 0.5) is 0 Å². The second-order valence-electron chi connectivity index (χ2n) is 10.3. The highest BCUT2D eigenvalue weighted by atomic mass is 16.5. The van der Waals surface area contributed by atoms with Crippen LogP contribution in [0, 0.1) is 5.92 Å². The molecule has 3 heterocycles. The van der Waals surface area contributed by atoms with E-state index in [9.17, 15) is 14.4 Å². The predicted octanol–water partition coefficient (Wildman–Crippen LogP) is 2.36. The molecule has 10 nitrogen and oxygen atoms in total. The highest BCUT2D eigenvalue weighted by Crippen LogP contribution is 2.26. The third-order valence-electron chi connectivity index (χ3n) is 7.05. The van der Waals surface area contributed by atoms with Gasteiger partial charge in [0, 0.05) is 67.7 Å². The summed E-state index contributed by atoms with van der Waals surface area (Å²) in [5.41, 5.74) is 3.01. The zero-order valence-corrected chi connectivity index (χ0v) is 22.1. The number of nitrogens with zero attached hydrogens (tertiary/aromatic N) is 4. The minimum Gasteiger partial charge on any atom is -0.481 e. The van der Waals surface area contributed by atoms with Gasteiger partial charge in [-0.05, 0) is 50.5 Å². The maximum absolute atomic E-state index is 13.2. The van der Waals surface area contributed by atoms with E-state index in [0.29, 0.717) is 68.4 Å². The van der Waals surface area contributed by atoms with Crippen molar-refractivity contribution in [2.24, 2.45) is 5.92 Å². The molecular weight excluding hydrogens is 472 g/mol. The molecule has 2 N–H and O–H groups in total. The Hall–Kier alpha value is -3.43. The predicted molar refractivity (Wildman–Crippen MR) is 139 cm³/mol. The van der Waals surface area contributed by atoms with E-state index in [4.69, 9.17) is 9.84 Å². The molecule has 2 aliphatic rings. The number of amides is 3. The third-order valence-corrected chi connectivity index (χ3v) is 7.05. The SMILES string of the molecule is COc1cc(C(=O)N2CCCNC(=O)c3nn(CCC(C)C)c4c3CC(CC4)NC(=O)CCC2)ccn1. The molecule has 10 heteroatoms. The molecule has 2 aromatic rings. The van der Waals surface area contributed by atoms with Crippen LogP contribution in [-0.2, 0) is 24.2 Å². The van der Waals surface area contributed by atoms with E-state index in [-0.39, 0.29) is 23.8 Å². The van der Waals surface area contributed by atoms with Crippen LogP contribution in [0.25, 0.3) is 0 Å². The number of carbonyl (C=O) groups excluding carboxylic acids is 3. The largest absolute Gasteiger partial charge is 0.481 e. The van der Waals surface area contributed by atoms with Gasteiger partial charge in [0.25, 0.3) is 11.8 Å². The van der Waals surface area contributed by atoms with Crippen LogP contribution in [0.5, 0.6) is 5.88 Å². The van der Waals surface area contributed by atoms with Gasteiger partial charge < -0.3 is 20.3 Å². The summed E-state index contributed by atoms with van der Waals surface area (Å²) in [5, 5.41) is 10.9. The van der Waals surface area contributed by atoms with Gasteiger partial charge >= 0.3 is 0 Å². The summed E-state index contributed by atoms with van der Waals surface area (Å²) in [4.78, 5) is 45.0. The van der Waals surface area contributed by atoms with Crippen LogP contribution in [0.1, 0.15) is 78.1 Å². The average Bonchev–Trinajstić information content (AvgIpc) is 3.25. The molecule has 0 saturated heterocycles. The molecule has 0 fully saturated rings. The van der Waals surface area contributed by atoms with E-state index in [0.717, 1.165) is 37.1 Å². The molecule has 1 aliphatic carbocycles. The number of nitrogens with one attached hydrogen (secondary N) is 2. The molecule has 200 valence electrons. The Morgan fingerprint density at radius 1 is 1.22 bits per heavy atom. The molecule has 4 rings (SSSR count). The number of aromatic nitrogens is 3. The van der Waals surface area contributed by atoms with Crippen molar-refractivity contribution in [1.82, 2.24) is 30.3 Å². The van der Waals surface area contributed by atoms with Gasteiger partial charge in [0.2, 0.25) is 11.8 Å². The second-order valence-corrected chi connectivity index (χ2v) is 10.3. The first-order chi connectivity index (χ1) is 17.9. The molecule has 0 radical (unpaired) electrons. The van der Waals surface area contributed by atoms with Crippen LogP contribution in [0.3, 0.4) is 0 Å². The first-order valence-electron chi connectivity index (χ1n) is 13.3. The number of ether oxygens (including phenoxy) is 1. The van der Waals surface area contributed by atoms with Gasteiger partial charge in [-0.2, -0.15) is 5.10 Å². The lowest BCUT2D eigenvalue weighted by molar-refractivity contribution is -0.122. The van der Waals surface area contributed by atoms with Crippen molar-refractivity contribution in [1.29, 1.82) is 0 Å². The number of fused-ring (bicyclic) bond motifs is 1. The molecule has 3 amide bonds. The zero-order valence-electron chi connectivity index (χ0n) is 22.1. The molecule has 2 aromatic heterocycles. The van der Waals surface area contributed by atoms with Crippen LogP contribution < -0.4 is 15.4 Å². The van der Waals surface area contributed by atoms with Crippen molar-refractivity contribution < 1.29 is 19.1 Å². The summed E-state index contributed by atoms with van der Waals surface area (Å²) in [7, 11) is 1.51. The fourth-order valence-electron chi connectivity index (χ4n) is 5.00. The van der Waals surface area contributed by atoms with Gasteiger partial charge in [-0.1, -0.05) is 13.8 Å². The molecule has 37 heavy (non-hydrogen) atoms. The summed E-state index contributed by atoms with van der Waals surface area (Å²) in [5.74, 6) is 0.536. The topological polar surface area (TPSA) is 118 Å². The Morgan fingerprint density at radius 2 is 2.03 bits per heavy atom. The van der Waals surface area contributed by atoms with Gasteiger partial charge in [0.05, 0.1) is 7.11 Å². The number of aryl methyl sites for hydroxylation is 1. The Bertz CT molecular complexity index is 1130. The maximum Gasteiger partial charge on any atom is 0.272 e. The smallest absolute Gasteiger partial charge is 0.272 e. The van der Waals surface area contributed by atoms with Gasteiger partial charge in [-0.3, -0.25) is 19.1 Å². The number of methoxy groups -OCH3 is 1. The molecular formula is C27H38N6O4. The monoisotopic (exact) mass is 510 g/mol. The third kappa shape index (κ3) is 6.67. The lowest BCUT2D eigenvalue weighted by Gasteiger charge is -2.25. The number of pyridine rings is 1. The van der Waals surface area contributed by atoms with Crippen molar-refractivity contribution in [3.63, 3.8) is 0 Å². The average molecular weight is 511 g/mol. The maximum atomic E-state index is 13.2. The molecule has 0 saturated carbocycles. The lowest BCUT2D eigenvalue weighted by atomic mass is 9.91. The summed E-state index contributed by atoms with van der Waals surface area (Å²) in [6, 6.07) is 3.24. The Morgan fingerprint density at radius 3 is 2.81 bits per heavy atom. The summed E-state index contributed by atoms with van der Waals surface area (Å²) in [6.45, 7) is 6.46. The molecule has 1 unspecified atom stereocenters. The van der Waals surface area contributed by atoms with E-state index >= 15 is 0 Å². The summed E-state index contributed by atoms with van der Waals surface area (Å²) < 4.78 is 7.15. The Kier molecular flexibility index (Phi) is 8.78. The van der Waals surface area contributed by atoms with E-state index in [1.54, 1.807) is 23.2 Å². The number of carbonyl (C=O) groups is 3. The number of rotatable bonds is 5. The second kappa shape index (κ2) is 12.2. The Labute approximate surface area is 218 Å². The lowest BCUT2D eigenvalue weighted by Crippen LogP contribution is -2.40. The van der Waals surface area contributed by atoms with Crippen molar-refractivity contribution in [3.05, 3.63) is 40.8 Å². The van der Waals surface area contributed by atoms with Crippen molar-refractivity contribution in [2.45, 2.75) is 71.4 Å². The van der Waals surface area contributed by atoms with Crippen LogP contribution in [0.15, 0.2) is 18.3 Å². The van der Waals surface area contributed by atoms with Crippen LogP contribution in [0.2, 0.25) is 0 Å². The fourth-order valence-corrected chi connectivity index (χ4v) is 5.00. The Balaban J connectivity index is 1.52. The highest BCUT2D eigenvalue weighted by molar-refractivity contribution is 5.95. The van der Waals surface area contributed by atoms with Crippen molar-refractivity contribution in [2.75, 3.05) is 26.7 Å². The first-order valence-corrected chi connectivity index (χ1v) is 13.3. The first kappa shape index (κ1) is 26.6. The summed E-state index contributed by atoms with van der Waals surface area (Å²) >= 11 is 0. The molecule has 0 spiro atoms. The summed E-state index contributed by atoms with van der Waals surface area (Å²) in [6.07, 6.45) is 6.24. The van der Waals surface area contributed by atoms with Gasteiger partial charge in [-0.15, -0.1) is 0 Å². The van der Waals surface area contributed by atoms with Crippen LogP contribution in [-0.4, -0.2) is 70.2 Å². The van der Waals surface area contributed by atoms with Crippen LogP contribution >= 0.6 is 0 Å². The number of hydrogen-bond donors (Lipinski definition) is 2. The van der Waals surface area contributed by atoms with Gasteiger partial charge in [-0.25, -0.2) is 4.98 Å². The minimum atomic E-state index is -0.196. The van der Waals surface area contributed by atoms with Crippen molar-refractivity contribution in [3.8, 4) is 5.88 Å². The number of hydrogen-bond acceptors (Lipinski definition) is 6. The zero-order chi connectivity index (χ0) is 26.4. The molecule has 2 bridgehead atoms.